The summed E-state index contributed by atoms with van der Waals surface area (Å²) in [6.07, 6.45) is 6.48. The van der Waals surface area contributed by atoms with Crippen LogP contribution in [0.15, 0.2) is 30.6 Å². The summed E-state index contributed by atoms with van der Waals surface area (Å²) in [5.74, 6) is 1.08. The molecule has 0 aromatic carbocycles. The van der Waals surface area contributed by atoms with E-state index in [1.54, 1.807) is 24.5 Å². The van der Waals surface area contributed by atoms with E-state index >= 15 is 0 Å². The van der Waals surface area contributed by atoms with Crippen molar-refractivity contribution in [2.45, 2.75) is 50.4 Å². The summed E-state index contributed by atoms with van der Waals surface area (Å²) in [4.78, 5) is 26.4. The summed E-state index contributed by atoms with van der Waals surface area (Å²) in [7, 11) is 0. The molecule has 2 aromatic rings. The largest absolute Gasteiger partial charge is 0.474 e. The topological polar surface area (TPSA) is 106 Å². The monoisotopic (exact) mass is 400 g/mol. The highest BCUT2D eigenvalue weighted by molar-refractivity contribution is 5.94. The average molecular weight is 400 g/mol. The van der Waals surface area contributed by atoms with Crippen molar-refractivity contribution in [3.63, 3.8) is 0 Å². The number of carbonyl (C=O) groups is 1. The maximum absolute atomic E-state index is 13.4. The SMILES string of the molecule is NC(=O)c1cccnc1O[C@H]1CC[C@H](Nc2ccnc(N3CC[C@H](F)C3)n2)CC1. The zero-order valence-corrected chi connectivity index (χ0v) is 16.1. The molecule has 154 valence electrons. The van der Waals surface area contributed by atoms with Gasteiger partial charge in [-0.05, 0) is 50.3 Å². The second-order valence-electron chi connectivity index (χ2n) is 7.53. The number of anilines is 2. The first-order chi connectivity index (χ1) is 14.1. The van der Waals surface area contributed by atoms with E-state index in [-0.39, 0.29) is 12.1 Å². The Kier molecular flexibility index (Phi) is 5.73. The summed E-state index contributed by atoms with van der Waals surface area (Å²) >= 11 is 0. The predicted octanol–water partition coefficient (Wildman–Crippen LogP) is 2.32. The number of rotatable bonds is 6. The molecule has 1 atom stereocenters. The van der Waals surface area contributed by atoms with Crippen LogP contribution in [0.3, 0.4) is 0 Å². The molecule has 9 heteroatoms. The third kappa shape index (κ3) is 4.72. The third-order valence-electron chi connectivity index (χ3n) is 5.40. The number of aromatic nitrogens is 3. The molecule has 3 N–H and O–H groups in total. The molecule has 2 aliphatic rings. The Hall–Kier alpha value is -2.97. The van der Waals surface area contributed by atoms with Crippen LogP contribution < -0.4 is 20.7 Å². The van der Waals surface area contributed by atoms with Crippen LogP contribution >= 0.6 is 0 Å². The van der Waals surface area contributed by atoms with E-state index in [0.717, 1.165) is 31.5 Å². The van der Waals surface area contributed by atoms with Gasteiger partial charge in [0.1, 0.15) is 23.7 Å². The van der Waals surface area contributed by atoms with E-state index in [1.807, 2.05) is 11.0 Å². The number of halogens is 1. The van der Waals surface area contributed by atoms with Crippen molar-refractivity contribution in [1.29, 1.82) is 0 Å². The Balaban J connectivity index is 1.31. The number of pyridine rings is 1. The summed E-state index contributed by atoms with van der Waals surface area (Å²) in [5, 5.41) is 3.45. The van der Waals surface area contributed by atoms with Crippen LogP contribution in [0.1, 0.15) is 42.5 Å². The molecule has 0 bridgehead atoms. The molecule has 1 aliphatic heterocycles. The highest BCUT2D eigenvalue weighted by Gasteiger charge is 2.26. The van der Waals surface area contributed by atoms with E-state index in [4.69, 9.17) is 10.5 Å². The minimum atomic E-state index is -0.806. The van der Waals surface area contributed by atoms with Gasteiger partial charge >= 0.3 is 0 Å². The molecule has 8 nitrogen and oxygen atoms in total. The van der Waals surface area contributed by atoms with Crippen molar-refractivity contribution >= 4 is 17.7 Å². The van der Waals surface area contributed by atoms with Gasteiger partial charge in [-0.1, -0.05) is 0 Å². The molecular formula is C20H25FN6O2. The fraction of sp³-hybridized carbons (Fsp3) is 0.500. The van der Waals surface area contributed by atoms with Gasteiger partial charge in [0.25, 0.3) is 5.91 Å². The van der Waals surface area contributed by atoms with Gasteiger partial charge in [0.2, 0.25) is 11.8 Å². The number of primary amides is 1. The Bertz CT molecular complexity index is 858. The van der Waals surface area contributed by atoms with Gasteiger partial charge in [-0.2, -0.15) is 4.98 Å². The Labute approximate surface area is 168 Å². The predicted molar refractivity (Wildman–Crippen MR) is 107 cm³/mol. The lowest BCUT2D eigenvalue weighted by Gasteiger charge is -2.30. The van der Waals surface area contributed by atoms with Crippen molar-refractivity contribution in [3.05, 3.63) is 36.2 Å². The van der Waals surface area contributed by atoms with E-state index < -0.39 is 12.1 Å². The molecule has 0 unspecified atom stereocenters. The van der Waals surface area contributed by atoms with Gasteiger partial charge < -0.3 is 20.7 Å². The minimum Gasteiger partial charge on any atom is -0.474 e. The second kappa shape index (κ2) is 8.59. The Morgan fingerprint density at radius 1 is 1.17 bits per heavy atom. The minimum absolute atomic E-state index is 0.00639. The van der Waals surface area contributed by atoms with Crippen molar-refractivity contribution in [2.24, 2.45) is 5.73 Å². The number of hydrogen-bond donors (Lipinski definition) is 2. The van der Waals surface area contributed by atoms with E-state index in [2.05, 4.69) is 20.3 Å². The molecule has 2 fully saturated rings. The summed E-state index contributed by atoms with van der Waals surface area (Å²) in [6, 6.07) is 5.39. The molecule has 4 rings (SSSR count). The third-order valence-corrected chi connectivity index (χ3v) is 5.40. The summed E-state index contributed by atoms with van der Waals surface area (Å²) in [5.41, 5.74) is 5.69. The number of carbonyl (C=O) groups excluding carboxylic acids is 1. The van der Waals surface area contributed by atoms with E-state index in [0.29, 0.717) is 36.9 Å². The Morgan fingerprint density at radius 2 is 2.00 bits per heavy atom. The van der Waals surface area contributed by atoms with Gasteiger partial charge in [-0.3, -0.25) is 4.79 Å². The molecule has 29 heavy (non-hydrogen) atoms. The number of nitrogens with one attached hydrogen (secondary N) is 1. The Morgan fingerprint density at radius 3 is 2.72 bits per heavy atom. The van der Waals surface area contributed by atoms with Crippen LogP contribution in [-0.2, 0) is 0 Å². The highest BCUT2D eigenvalue weighted by Crippen LogP contribution is 2.27. The average Bonchev–Trinajstić information content (AvgIpc) is 3.16. The fourth-order valence-electron chi connectivity index (χ4n) is 3.84. The lowest BCUT2D eigenvalue weighted by molar-refractivity contribution is 0.0983. The number of amides is 1. The molecule has 1 saturated heterocycles. The second-order valence-corrected chi connectivity index (χ2v) is 7.53. The van der Waals surface area contributed by atoms with Gasteiger partial charge in [0.15, 0.2) is 0 Å². The first-order valence-electron chi connectivity index (χ1n) is 9.98. The van der Waals surface area contributed by atoms with E-state index in [9.17, 15) is 9.18 Å². The van der Waals surface area contributed by atoms with Crippen molar-refractivity contribution < 1.29 is 13.9 Å². The number of ether oxygens (including phenoxy) is 1. The molecule has 1 saturated carbocycles. The summed E-state index contributed by atoms with van der Waals surface area (Å²) in [6.45, 7) is 1.00. The smallest absolute Gasteiger partial charge is 0.254 e. The number of nitrogens with two attached hydrogens (primary N) is 1. The van der Waals surface area contributed by atoms with Crippen LogP contribution in [0.5, 0.6) is 5.88 Å². The highest BCUT2D eigenvalue weighted by atomic mass is 19.1. The van der Waals surface area contributed by atoms with Gasteiger partial charge in [-0.15, -0.1) is 0 Å². The fourth-order valence-corrected chi connectivity index (χ4v) is 3.84. The first kappa shape index (κ1) is 19.4. The van der Waals surface area contributed by atoms with Crippen LogP contribution in [0.2, 0.25) is 0 Å². The van der Waals surface area contributed by atoms with Gasteiger partial charge in [0, 0.05) is 25.0 Å². The van der Waals surface area contributed by atoms with E-state index in [1.165, 1.54) is 0 Å². The number of hydrogen-bond acceptors (Lipinski definition) is 7. The van der Waals surface area contributed by atoms with Crippen LogP contribution in [0.4, 0.5) is 16.2 Å². The van der Waals surface area contributed by atoms with Crippen molar-refractivity contribution in [3.8, 4) is 5.88 Å². The zero-order valence-electron chi connectivity index (χ0n) is 16.1. The van der Waals surface area contributed by atoms with Crippen LogP contribution in [0, 0.1) is 0 Å². The standard InChI is InChI=1S/C20H25FN6O2/c21-13-8-11-27(12-13)20-24-10-7-17(26-20)25-14-3-5-15(6-4-14)29-19-16(18(22)28)2-1-9-23-19/h1-2,7,9-10,13-15H,3-6,8,11-12H2,(H2,22,28)(H,24,25,26)/t13-,14-,15-/m0/s1. The lowest BCUT2D eigenvalue weighted by Crippen LogP contribution is -2.32. The first-order valence-corrected chi connectivity index (χ1v) is 9.98. The molecule has 1 aliphatic carbocycles. The van der Waals surface area contributed by atoms with Crippen molar-refractivity contribution in [2.75, 3.05) is 23.3 Å². The maximum atomic E-state index is 13.4. The molecule has 2 aromatic heterocycles. The molecule has 0 spiro atoms. The summed E-state index contributed by atoms with van der Waals surface area (Å²) < 4.78 is 19.4. The number of nitrogens with zero attached hydrogens (tertiary/aromatic N) is 4. The quantitative estimate of drug-likeness (QED) is 0.766. The lowest BCUT2D eigenvalue weighted by atomic mass is 9.93. The normalized spacial score (nSPS) is 24.3. The van der Waals surface area contributed by atoms with Gasteiger partial charge in [-0.25, -0.2) is 14.4 Å². The maximum Gasteiger partial charge on any atom is 0.254 e. The van der Waals surface area contributed by atoms with Crippen LogP contribution in [-0.4, -0.2) is 52.3 Å². The van der Waals surface area contributed by atoms with Crippen molar-refractivity contribution in [1.82, 2.24) is 15.0 Å². The van der Waals surface area contributed by atoms with Crippen LogP contribution in [0.25, 0.3) is 0 Å². The van der Waals surface area contributed by atoms with Gasteiger partial charge in [0.05, 0.1) is 6.54 Å². The molecule has 0 radical (unpaired) electrons. The molecular weight excluding hydrogens is 375 g/mol. The molecule has 3 heterocycles. The number of alkyl halides is 1. The zero-order chi connectivity index (χ0) is 20.2. The molecule has 1 amide bonds.